The third-order valence-corrected chi connectivity index (χ3v) is 2.71. The van der Waals surface area contributed by atoms with Crippen molar-refractivity contribution >= 4 is 0 Å². The van der Waals surface area contributed by atoms with E-state index in [4.69, 9.17) is 0 Å². The van der Waals surface area contributed by atoms with Gasteiger partial charge in [-0.05, 0) is 12.8 Å². The van der Waals surface area contributed by atoms with Crippen molar-refractivity contribution < 1.29 is 0 Å². The Morgan fingerprint density at radius 1 is 1.25 bits per heavy atom. The Balaban J connectivity index is 2.02. The van der Waals surface area contributed by atoms with Gasteiger partial charge in [0.05, 0.1) is 5.69 Å². The van der Waals surface area contributed by atoms with Crippen molar-refractivity contribution in [3.63, 3.8) is 0 Å². The molecule has 2 heteroatoms. The molecule has 2 rings (SSSR count). The molecule has 1 fully saturated rings. The first-order valence-electron chi connectivity index (χ1n) is 4.88. The zero-order valence-electron chi connectivity index (χ0n) is 7.34. The number of aromatic nitrogens is 2. The predicted octanol–water partition coefficient (Wildman–Crippen LogP) is 2.65. The van der Waals surface area contributed by atoms with Crippen LogP contribution in [0, 0.1) is 6.07 Å². The zero-order valence-corrected chi connectivity index (χ0v) is 7.34. The fourth-order valence-electron chi connectivity index (χ4n) is 2.00. The van der Waals surface area contributed by atoms with Crippen molar-refractivity contribution in [3.8, 4) is 0 Å². The summed E-state index contributed by atoms with van der Waals surface area (Å²) in [5.74, 6) is 0.679. The number of hydrogen-bond acceptors (Lipinski definition) is 1. The second-order valence-corrected chi connectivity index (χ2v) is 3.60. The van der Waals surface area contributed by atoms with Crippen molar-refractivity contribution in [2.75, 3.05) is 0 Å². The summed E-state index contributed by atoms with van der Waals surface area (Å²) in [5, 5.41) is 7.04. The molecule has 1 aromatic heterocycles. The van der Waals surface area contributed by atoms with Gasteiger partial charge in [-0.15, -0.1) is 0 Å². The number of aromatic amines is 1. The van der Waals surface area contributed by atoms with Crippen LogP contribution < -0.4 is 0 Å². The van der Waals surface area contributed by atoms with Crippen molar-refractivity contribution in [3.05, 3.63) is 18.0 Å². The van der Waals surface area contributed by atoms with Crippen LogP contribution in [0.1, 0.15) is 50.1 Å². The Morgan fingerprint density at radius 3 is 2.58 bits per heavy atom. The fraction of sp³-hybridized carbons (Fsp3) is 0.700. The Kier molecular flexibility index (Phi) is 2.45. The van der Waals surface area contributed by atoms with Crippen molar-refractivity contribution in [2.45, 2.75) is 44.4 Å². The first kappa shape index (κ1) is 7.84. The van der Waals surface area contributed by atoms with E-state index in [1.807, 2.05) is 0 Å². The van der Waals surface area contributed by atoms with E-state index >= 15 is 0 Å². The van der Waals surface area contributed by atoms with Gasteiger partial charge in [-0.1, -0.05) is 25.7 Å². The minimum Gasteiger partial charge on any atom is -0.285 e. The normalized spacial score (nSPS) is 20.7. The first-order valence-corrected chi connectivity index (χ1v) is 4.88. The highest BCUT2D eigenvalue weighted by molar-refractivity contribution is 5.03. The Hall–Kier alpha value is -0.790. The number of nitrogens with zero attached hydrogens (tertiary/aromatic N) is 1. The smallest absolute Gasteiger partial charge is 0.0732 e. The second-order valence-electron chi connectivity index (χ2n) is 3.60. The summed E-state index contributed by atoms with van der Waals surface area (Å²) in [6.45, 7) is 0. The molecular weight excluding hydrogens is 148 g/mol. The predicted molar refractivity (Wildman–Crippen MR) is 47.9 cm³/mol. The van der Waals surface area contributed by atoms with Crippen molar-refractivity contribution in [1.82, 2.24) is 10.2 Å². The summed E-state index contributed by atoms with van der Waals surface area (Å²) >= 11 is 0. The quantitative estimate of drug-likeness (QED) is 0.633. The minimum atomic E-state index is 0.679. The summed E-state index contributed by atoms with van der Waals surface area (Å²) in [7, 11) is 0. The van der Waals surface area contributed by atoms with Gasteiger partial charge in [0, 0.05) is 18.2 Å². The average molecular weight is 163 g/mol. The molecule has 0 saturated heterocycles. The lowest BCUT2D eigenvalue weighted by atomic mass is 9.97. The zero-order chi connectivity index (χ0) is 8.23. The van der Waals surface area contributed by atoms with Crippen LogP contribution in [0.4, 0.5) is 0 Å². The molecule has 0 bridgehead atoms. The Labute approximate surface area is 73.4 Å². The third-order valence-electron chi connectivity index (χ3n) is 2.71. The maximum Gasteiger partial charge on any atom is 0.0732 e. The van der Waals surface area contributed by atoms with E-state index in [2.05, 4.69) is 16.3 Å². The van der Waals surface area contributed by atoms with Crippen molar-refractivity contribution in [1.29, 1.82) is 0 Å². The number of hydrogen-bond donors (Lipinski definition) is 1. The Morgan fingerprint density at radius 2 is 2.00 bits per heavy atom. The third kappa shape index (κ3) is 1.68. The van der Waals surface area contributed by atoms with E-state index in [0.717, 1.165) is 5.69 Å². The van der Waals surface area contributed by atoms with Crippen LogP contribution in [0.15, 0.2) is 6.20 Å². The number of rotatable bonds is 1. The van der Waals surface area contributed by atoms with Gasteiger partial charge in [0.25, 0.3) is 0 Å². The minimum absolute atomic E-state index is 0.679. The van der Waals surface area contributed by atoms with Crippen LogP contribution in [0.2, 0.25) is 0 Å². The molecule has 1 aromatic rings. The molecule has 0 aliphatic heterocycles. The lowest BCUT2D eigenvalue weighted by molar-refractivity contribution is 0.575. The number of nitrogens with one attached hydrogen (secondary N) is 1. The highest BCUT2D eigenvalue weighted by Crippen LogP contribution is 2.29. The number of H-pyrrole nitrogens is 1. The van der Waals surface area contributed by atoms with Crippen LogP contribution in [-0.4, -0.2) is 10.2 Å². The maximum atomic E-state index is 4.20. The van der Waals surface area contributed by atoms with Gasteiger partial charge in [-0.3, -0.25) is 5.10 Å². The maximum absolute atomic E-state index is 4.20. The molecule has 1 heterocycles. The first-order chi connectivity index (χ1) is 5.97. The molecule has 0 atom stereocenters. The van der Waals surface area contributed by atoms with E-state index in [1.165, 1.54) is 38.5 Å². The molecule has 1 aliphatic carbocycles. The molecule has 0 spiro atoms. The van der Waals surface area contributed by atoms with Crippen LogP contribution in [0.25, 0.3) is 0 Å². The molecule has 2 nitrogen and oxygen atoms in total. The average Bonchev–Trinajstić information content (AvgIpc) is 2.48. The molecule has 65 valence electrons. The van der Waals surface area contributed by atoms with Gasteiger partial charge in [0.1, 0.15) is 0 Å². The fourth-order valence-corrected chi connectivity index (χ4v) is 2.00. The van der Waals surface area contributed by atoms with E-state index < -0.39 is 0 Å². The van der Waals surface area contributed by atoms with Gasteiger partial charge in [0.15, 0.2) is 0 Å². The van der Waals surface area contributed by atoms with E-state index in [1.54, 1.807) is 6.20 Å². The summed E-state index contributed by atoms with van der Waals surface area (Å²) in [4.78, 5) is 0. The molecule has 0 aromatic carbocycles. The van der Waals surface area contributed by atoms with Gasteiger partial charge < -0.3 is 0 Å². The monoisotopic (exact) mass is 163 g/mol. The van der Waals surface area contributed by atoms with Crippen LogP contribution >= 0.6 is 0 Å². The Bertz CT molecular complexity index is 208. The molecule has 0 amide bonds. The summed E-state index contributed by atoms with van der Waals surface area (Å²) in [5.41, 5.74) is 1.15. The summed E-state index contributed by atoms with van der Waals surface area (Å²) in [6, 6.07) is 3.17. The molecule has 1 saturated carbocycles. The van der Waals surface area contributed by atoms with Crippen molar-refractivity contribution in [2.24, 2.45) is 0 Å². The molecule has 1 N–H and O–H groups in total. The van der Waals surface area contributed by atoms with Gasteiger partial charge >= 0.3 is 0 Å². The molecule has 12 heavy (non-hydrogen) atoms. The van der Waals surface area contributed by atoms with Gasteiger partial charge in [0.2, 0.25) is 0 Å². The van der Waals surface area contributed by atoms with Crippen LogP contribution in [-0.2, 0) is 0 Å². The highest BCUT2D eigenvalue weighted by atomic mass is 15.1. The van der Waals surface area contributed by atoms with E-state index in [-0.39, 0.29) is 0 Å². The summed E-state index contributed by atoms with van der Waals surface area (Å²) < 4.78 is 0. The largest absolute Gasteiger partial charge is 0.285 e. The SMILES string of the molecule is [c]1c[nH]nc1C1CCCCCC1. The van der Waals surface area contributed by atoms with Crippen LogP contribution in [0.5, 0.6) is 0 Å². The van der Waals surface area contributed by atoms with E-state index in [9.17, 15) is 0 Å². The molecule has 1 radical (unpaired) electrons. The molecular formula is C10H15N2. The molecule has 0 unspecified atom stereocenters. The molecule has 1 aliphatic rings. The second kappa shape index (κ2) is 3.74. The van der Waals surface area contributed by atoms with Gasteiger partial charge in [-0.25, -0.2) is 0 Å². The van der Waals surface area contributed by atoms with E-state index in [0.29, 0.717) is 5.92 Å². The highest BCUT2D eigenvalue weighted by Gasteiger charge is 2.15. The lowest BCUT2D eigenvalue weighted by Gasteiger charge is -2.08. The topological polar surface area (TPSA) is 28.7 Å². The lowest BCUT2D eigenvalue weighted by Crippen LogP contribution is -1.97. The summed E-state index contributed by atoms with van der Waals surface area (Å²) in [6.07, 6.45) is 9.96. The van der Waals surface area contributed by atoms with Crippen LogP contribution in [0.3, 0.4) is 0 Å². The van der Waals surface area contributed by atoms with Gasteiger partial charge in [-0.2, -0.15) is 5.10 Å². The standard InChI is InChI=1S/C10H15N2/c1-2-4-6-9(5-3-1)10-7-8-11-12-10/h8-9H,1-6H2,(H,11,12).